The van der Waals surface area contributed by atoms with E-state index in [-0.39, 0.29) is 24.8 Å². The third-order valence-corrected chi connectivity index (χ3v) is 2.02. The standard InChI is InChI=1S/C10H16N2.2ClH/c1-8(2)10(11-3)9-5-4-6-12-7-9;;/h4-8,10-11H,1-3H3;2*1H. The Balaban J connectivity index is 0. The molecule has 4 heteroatoms. The fraction of sp³-hybridized carbons (Fsp3) is 0.500. The highest BCUT2D eigenvalue weighted by Gasteiger charge is 2.12. The highest BCUT2D eigenvalue weighted by atomic mass is 35.5. The number of aromatic nitrogens is 1. The van der Waals surface area contributed by atoms with E-state index < -0.39 is 0 Å². The van der Waals surface area contributed by atoms with E-state index in [1.54, 1.807) is 6.20 Å². The van der Waals surface area contributed by atoms with Crippen molar-refractivity contribution in [2.75, 3.05) is 7.05 Å². The summed E-state index contributed by atoms with van der Waals surface area (Å²) in [5.74, 6) is 0.596. The van der Waals surface area contributed by atoms with Crippen molar-refractivity contribution in [3.8, 4) is 0 Å². The van der Waals surface area contributed by atoms with Crippen LogP contribution in [0.5, 0.6) is 0 Å². The minimum absolute atomic E-state index is 0. The van der Waals surface area contributed by atoms with Gasteiger partial charge in [0.1, 0.15) is 0 Å². The summed E-state index contributed by atoms with van der Waals surface area (Å²) in [4.78, 5) is 4.10. The number of hydrogen-bond donors (Lipinski definition) is 1. The zero-order valence-electron chi connectivity index (χ0n) is 8.73. The van der Waals surface area contributed by atoms with Crippen LogP contribution in [0.4, 0.5) is 0 Å². The van der Waals surface area contributed by atoms with Crippen molar-refractivity contribution < 1.29 is 0 Å². The molecule has 0 radical (unpaired) electrons. The fourth-order valence-electron chi connectivity index (χ4n) is 1.44. The van der Waals surface area contributed by atoms with Crippen molar-refractivity contribution in [3.63, 3.8) is 0 Å². The second-order valence-corrected chi connectivity index (χ2v) is 3.30. The van der Waals surface area contributed by atoms with Crippen LogP contribution in [0.2, 0.25) is 0 Å². The second kappa shape index (κ2) is 8.04. The van der Waals surface area contributed by atoms with Gasteiger partial charge in [-0.05, 0) is 24.6 Å². The highest BCUT2D eigenvalue weighted by molar-refractivity contribution is 5.85. The molecule has 1 aromatic heterocycles. The largest absolute Gasteiger partial charge is 0.313 e. The first-order valence-electron chi connectivity index (χ1n) is 4.33. The minimum Gasteiger partial charge on any atom is -0.313 e. The van der Waals surface area contributed by atoms with Gasteiger partial charge in [0.2, 0.25) is 0 Å². The lowest BCUT2D eigenvalue weighted by Crippen LogP contribution is -2.21. The molecule has 1 heterocycles. The van der Waals surface area contributed by atoms with E-state index in [0.717, 1.165) is 0 Å². The predicted octanol–water partition coefficient (Wildman–Crippen LogP) is 2.84. The molecule has 0 aliphatic heterocycles. The lowest BCUT2D eigenvalue weighted by atomic mass is 9.98. The maximum absolute atomic E-state index is 4.10. The molecule has 0 fully saturated rings. The first-order valence-corrected chi connectivity index (χ1v) is 4.33. The van der Waals surface area contributed by atoms with Crippen LogP contribution < -0.4 is 5.32 Å². The fourth-order valence-corrected chi connectivity index (χ4v) is 1.44. The van der Waals surface area contributed by atoms with Gasteiger partial charge in [-0.2, -0.15) is 0 Å². The van der Waals surface area contributed by atoms with Gasteiger partial charge in [0.05, 0.1) is 0 Å². The Hall–Kier alpha value is -0.310. The van der Waals surface area contributed by atoms with Crippen molar-refractivity contribution in [2.24, 2.45) is 5.92 Å². The topological polar surface area (TPSA) is 24.9 Å². The van der Waals surface area contributed by atoms with Crippen LogP contribution in [-0.4, -0.2) is 12.0 Å². The van der Waals surface area contributed by atoms with Gasteiger partial charge in [0.15, 0.2) is 0 Å². The van der Waals surface area contributed by atoms with Crippen LogP contribution in [0.3, 0.4) is 0 Å². The van der Waals surface area contributed by atoms with Crippen molar-refractivity contribution >= 4 is 24.8 Å². The molecule has 0 aromatic carbocycles. The SMILES string of the molecule is CNC(c1cccnc1)C(C)C.Cl.Cl. The Labute approximate surface area is 98.3 Å². The molecule has 1 aromatic rings. The summed E-state index contributed by atoms with van der Waals surface area (Å²) in [7, 11) is 1.98. The summed E-state index contributed by atoms with van der Waals surface area (Å²) in [5.41, 5.74) is 1.26. The van der Waals surface area contributed by atoms with E-state index in [1.165, 1.54) is 5.56 Å². The third kappa shape index (κ3) is 4.27. The molecule has 14 heavy (non-hydrogen) atoms. The molecular weight excluding hydrogens is 219 g/mol. The Morgan fingerprint density at radius 3 is 2.29 bits per heavy atom. The average molecular weight is 237 g/mol. The minimum atomic E-state index is 0. The Morgan fingerprint density at radius 1 is 1.29 bits per heavy atom. The van der Waals surface area contributed by atoms with Gasteiger partial charge < -0.3 is 5.32 Å². The van der Waals surface area contributed by atoms with Gasteiger partial charge in [-0.3, -0.25) is 4.98 Å². The zero-order valence-corrected chi connectivity index (χ0v) is 10.4. The number of rotatable bonds is 3. The molecule has 1 unspecified atom stereocenters. The number of hydrogen-bond acceptors (Lipinski definition) is 2. The highest BCUT2D eigenvalue weighted by Crippen LogP contribution is 2.19. The van der Waals surface area contributed by atoms with Crippen LogP contribution in [0.1, 0.15) is 25.5 Å². The van der Waals surface area contributed by atoms with Crippen LogP contribution in [-0.2, 0) is 0 Å². The van der Waals surface area contributed by atoms with Crippen molar-refractivity contribution in [1.29, 1.82) is 0 Å². The molecule has 82 valence electrons. The maximum Gasteiger partial charge on any atom is 0.0356 e. The van der Waals surface area contributed by atoms with E-state index in [9.17, 15) is 0 Å². The molecule has 2 nitrogen and oxygen atoms in total. The van der Waals surface area contributed by atoms with Gasteiger partial charge >= 0.3 is 0 Å². The molecule has 0 saturated carbocycles. The second-order valence-electron chi connectivity index (χ2n) is 3.30. The van der Waals surface area contributed by atoms with Gasteiger partial charge in [-0.15, -0.1) is 24.8 Å². The van der Waals surface area contributed by atoms with Gasteiger partial charge in [-0.1, -0.05) is 19.9 Å². The molecule has 0 bridgehead atoms. The molecule has 0 aliphatic carbocycles. The van der Waals surface area contributed by atoms with E-state index in [4.69, 9.17) is 0 Å². The molecule has 0 saturated heterocycles. The summed E-state index contributed by atoms with van der Waals surface area (Å²) in [6, 6.07) is 4.50. The lowest BCUT2D eigenvalue weighted by molar-refractivity contribution is 0.442. The maximum atomic E-state index is 4.10. The first-order chi connectivity index (χ1) is 5.75. The van der Waals surface area contributed by atoms with Crippen LogP contribution in [0.25, 0.3) is 0 Å². The molecule has 1 atom stereocenters. The van der Waals surface area contributed by atoms with Crippen LogP contribution >= 0.6 is 24.8 Å². The summed E-state index contributed by atoms with van der Waals surface area (Å²) in [5, 5.41) is 3.28. The van der Waals surface area contributed by atoms with E-state index >= 15 is 0 Å². The Morgan fingerprint density at radius 2 is 1.93 bits per heavy atom. The monoisotopic (exact) mass is 236 g/mol. The van der Waals surface area contributed by atoms with Gasteiger partial charge in [-0.25, -0.2) is 0 Å². The van der Waals surface area contributed by atoms with Gasteiger partial charge in [0, 0.05) is 18.4 Å². The average Bonchev–Trinajstić information content (AvgIpc) is 2.07. The summed E-state index contributed by atoms with van der Waals surface area (Å²) < 4.78 is 0. The summed E-state index contributed by atoms with van der Waals surface area (Å²) in [6.45, 7) is 4.41. The van der Waals surface area contributed by atoms with Crippen molar-refractivity contribution in [1.82, 2.24) is 10.3 Å². The quantitative estimate of drug-likeness (QED) is 0.874. The molecular formula is C10H18Cl2N2. The van der Waals surface area contributed by atoms with E-state index in [1.807, 2.05) is 19.3 Å². The Kier molecular flexibility index (Phi) is 9.26. The van der Waals surface area contributed by atoms with Gasteiger partial charge in [0.25, 0.3) is 0 Å². The Bertz CT molecular complexity index is 227. The molecule has 1 N–H and O–H groups in total. The predicted molar refractivity (Wildman–Crippen MR) is 65.4 cm³/mol. The number of halogens is 2. The van der Waals surface area contributed by atoms with Crippen molar-refractivity contribution in [3.05, 3.63) is 30.1 Å². The van der Waals surface area contributed by atoms with E-state index in [2.05, 4.69) is 30.2 Å². The summed E-state index contributed by atoms with van der Waals surface area (Å²) >= 11 is 0. The van der Waals surface area contributed by atoms with E-state index in [0.29, 0.717) is 12.0 Å². The number of nitrogens with one attached hydrogen (secondary N) is 1. The lowest BCUT2D eigenvalue weighted by Gasteiger charge is -2.19. The zero-order chi connectivity index (χ0) is 8.97. The third-order valence-electron chi connectivity index (χ3n) is 2.02. The summed E-state index contributed by atoms with van der Waals surface area (Å²) in [6.07, 6.45) is 3.72. The van der Waals surface area contributed by atoms with Crippen LogP contribution in [0, 0.1) is 5.92 Å². The number of pyridine rings is 1. The smallest absolute Gasteiger partial charge is 0.0356 e. The number of nitrogens with zero attached hydrogens (tertiary/aromatic N) is 1. The molecule has 0 spiro atoms. The van der Waals surface area contributed by atoms with Crippen molar-refractivity contribution in [2.45, 2.75) is 19.9 Å². The molecule has 0 amide bonds. The normalized spacial score (nSPS) is 11.4. The molecule has 0 aliphatic rings. The first kappa shape index (κ1) is 16.1. The molecule has 1 rings (SSSR count). The van der Waals surface area contributed by atoms with Crippen LogP contribution in [0.15, 0.2) is 24.5 Å².